The lowest BCUT2D eigenvalue weighted by Gasteiger charge is -2.23. The Kier molecular flexibility index (Phi) is 9.15. The number of carbonyl (C=O) groups excluding carboxylic acids is 1. The van der Waals surface area contributed by atoms with Crippen molar-refractivity contribution in [2.75, 3.05) is 31.3 Å². The van der Waals surface area contributed by atoms with Gasteiger partial charge >= 0.3 is 0 Å². The van der Waals surface area contributed by atoms with Gasteiger partial charge < -0.3 is 14.2 Å². The van der Waals surface area contributed by atoms with Crippen LogP contribution in [0.5, 0.6) is 17.2 Å². The summed E-state index contributed by atoms with van der Waals surface area (Å²) in [6, 6.07) is 19.1. The molecule has 0 spiro atoms. The van der Waals surface area contributed by atoms with Crippen molar-refractivity contribution < 1.29 is 27.4 Å². The Morgan fingerprint density at radius 1 is 1.00 bits per heavy atom. The molecule has 0 unspecified atom stereocenters. The van der Waals surface area contributed by atoms with Crippen molar-refractivity contribution in [3.8, 4) is 17.2 Å². The normalized spacial score (nSPS) is 11.2. The van der Waals surface area contributed by atoms with Crippen LogP contribution in [0.1, 0.15) is 11.1 Å². The standard InChI is InChI=1S/C25H26ClN3O6S/c1-33-22-12-13-23(24(14-22)34-2)29(36(3,31)32)16-25(30)28-27-15-18-6-10-21(11-7-18)35-17-19-4-8-20(26)9-5-19/h4-15H,16-17H2,1-3H3,(H,28,30)/b27-15-. The van der Waals surface area contributed by atoms with Gasteiger partial charge in [0.05, 0.1) is 32.4 Å². The van der Waals surface area contributed by atoms with Gasteiger partial charge in [0.25, 0.3) is 5.91 Å². The number of anilines is 1. The highest BCUT2D eigenvalue weighted by molar-refractivity contribution is 7.92. The van der Waals surface area contributed by atoms with Crippen molar-refractivity contribution >= 4 is 39.4 Å². The molecule has 0 saturated carbocycles. The van der Waals surface area contributed by atoms with Crippen LogP contribution in [0.3, 0.4) is 0 Å². The summed E-state index contributed by atoms with van der Waals surface area (Å²) < 4.78 is 41.9. The van der Waals surface area contributed by atoms with E-state index in [1.165, 1.54) is 32.6 Å². The molecule has 0 aliphatic rings. The third kappa shape index (κ3) is 7.62. The van der Waals surface area contributed by atoms with Crippen LogP contribution < -0.4 is 23.9 Å². The molecule has 1 amide bonds. The zero-order valence-corrected chi connectivity index (χ0v) is 21.5. The van der Waals surface area contributed by atoms with Crippen molar-refractivity contribution in [3.63, 3.8) is 0 Å². The molecule has 0 aromatic heterocycles. The highest BCUT2D eigenvalue weighted by atomic mass is 35.5. The number of nitrogens with zero attached hydrogens (tertiary/aromatic N) is 2. The van der Waals surface area contributed by atoms with Crippen molar-refractivity contribution in [1.82, 2.24) is 5.43 Å². The molecule has 0 heterocycles. The molecule has 0 saturated heterocycles. The molecule has 36 heavy (non-hydrogen) atoms. The van der Waals surface area contributed by atoms with Crippen LogP contribution >= 0.6 is 11.6 Å². The Morgan fingerprint density at radius 2 is 1.67 bits per heavy atom. The molecule has 0 fully saturated rings. The number of amides is 1. The van der Waals surface area contributed by atoms with E-state index in [2.05, 4.69) is 10.5 Å². The smallest absolute Gasteiger partial charge is 0.260 e. The van der Waals surface area contributed by atoms with E-state index in [4.69, 9.17) is 25.8 Å². The fraction of sp³-hybridized carbons (Fsp3) is 0.200. The highest BCUT2D eigenvalue weighted by Gasteiger charge is 2.24. The summed E-state index contributed by atoms with van der Waals surface area (Å²) in [6.07, 6.45) is 2.45. The molecule has 190 valence electrons. The van der Waals surface area contributed by atoms with Crippen molar-refractivity contribution in [2.24, 2.45) is 5.10 Å². The Hall–Kier alpha value is -3.76. The number of carbonyl (C=O) groups is 1. The summed E-state index contributed by atoms with van der Waals surface area (Å²) in [7, 11) is -0.913. The molecular formula is C25H26ClN3O6S. The zero-order chi connectivity index (χ0) is 26.1. The molecule has 0 atom stereocenters. The lowest BCUT2D eigenvalue weighted by atomic mass is 10.2. The monoisotopic (exact) mass is 531 g/mol. The van der Waals surface area contributed by atoms with Crippen LogP contribution in [0.15, 0.2) is 71.8 Å². The summed E-state index contributed by atoms with van der Waals surface area (Å²) in [5.41, 5.74) is 4.25. The fourth-order valence-corrected chi connectivity index (χ4v) is 4.10. The van der Waals surface area contributed by atoms with Crippen LogP contribution in [0.25, 0.3) is 0 Å². The number of sulfonamides is 1. The van der Waals surface area contributed by atoms with E-state index in [1.54, 1.807) is 42.5 Å². The second-order valence-electron chi connectivity index (χ2n) is 7.58. The molecule has 3 rings (SSSR count). The van der Waals surface area contributed by atoms with Crippen LogP contribution in [-0.4, -0.2) is 47.6 Å². The number of hydrogen-bond donors (Lipinski definition) is 1. The van der Waals surface area contributed by atoms with Crippen LogP contribution in [0, 0.1) is 0 Å². The molecule has 0 aliphatic heterocycles. The average molecular weight is 532 g/mol. The third-order valence-electron chi connectivity index (χ3n) is 4.94. The predicted octanol–water partition coefficient (Wildman–Crippen LogP) is 3.85. The van der Waals surface area contributed by atoms with E-state index >= 15 is 0 Å². The first kappa shape index (κ1) is 26.8. The maximum absolute atomic E-state index is 12.5. The van der Waals surface area contributed by atoms with E-state index in [-0.39, 0.29) is 11.4 Å². The van der Waals surface area contributed by atoms with Crippen LogP contribution in [0.2, 0.25) is 5.02 Å². The average Bonchev–Trinajstić information content (AvgIpc) is 2.86. The van der Waals surface area contributed by atoms with Gasteiger partial charge in [-0.1, -0.05) is 23.7 Å². The molecule has 0 radical (unpaired) electrons. The van der Waals surface area contributed by atoms with Gasteiger partial charge in [-0.25, -0.2) is 13.8 Å². The zero-order valence-electron chi connectivity index (χ0n) is 20.0. The Bertz CT molecular complexity index is 1310. The number of hydrogen-bond acceptors (Lipinski definition) is 7. The van der Waals surface area contributed by atoms with Crippen LogP contribution in [0.4, 0.5) is 5.69 Å². The molecule has 3 aromatic carbocycles. The van der Waals surface area contributed by atoms with Gasteiger partial charge in [0.15, 0.2) is 0 Å². The molecular weight excluding hydrogens is 506 g/mol. The fourth-order valence-electron chi connectivity index (χ4n) is 3.11. The van der Waals surface area contributed by atoms with Crippen LogP contribution in [-0.2, 0) is 21.4 Å². The van der Waals surface area contributed by atoms with Crippen molar-refractivity contribution in [2.45, 2.75) is 6.61 Å². The largest absolute Gasteiger partial charge is 0.497 e. The SMILES string of the molecule is COc1ccc(N(CC(=O)N/N=C\c2ccc(OCc3ccc(Cl)cc3)cc2)S(C)(=O)=O)c(OC)c1. The van der Waals surface area contributed by atoms with Crippen molar-refractivity contribution in [1.29, 1.82) is 0 Å². The van der Waals surface area contributed by atoms with Gasteiger partial charge in [-0.3, -0.25) is 9.10 Å². The topological polar surface area (TPSA) is 107 Å². The van der Waals surface area contributed by atoms with Gasteiger partial charge in [-0.15, -0.1) is 0 Å². The third-order valence-corrected chi connectivity index (χ3v) is 6.32. The maximum atomic E-state index is 12.5. The van der Waals surface area contributed by atoms with Gasteiger partial charge in [-0.2, -0.15) is 5.10 Å². The molecule has 3 aromatic rings. The number of halogens is 1. The van der Waals surface area contributed by atoms with E-state index < -0.39 is 22.5 Å². The van der Waals surface area contributed by atoms with Gasteiger partial charge in [0.2, 0.25) is 10.0 Å². The first-order valence-electron chi connectivity index (χ1n) is 10.7. The summed E-state index contributed by atoms with van der Waals surface area (Å²) >= 11 is 5.88. The Labute approximate surface area is 215 Å². The quantitative estimate of drug-likeness (QED) is 0.297. The lowest BCUT2D eigenvalue weighted by Crippen LogP contribution is -2.39. The van der Waals surface area contributed by atoms with Gasteiger partial charge in [0, 0.05) is 11.1 Å². The second kappa shape index (κ2) is 12.3. The van der Waals surface area contributed by atoms with Crippen molar-refractivity contribution in [3.05, 3.63) is 82.9 Å². The molecule has 1 N–H and O–H groups in total. The highest BCUT2D eigenvalue weighted by Crippen LogP contribution is 2.33. The molecule has 0 aliphatic carbocycles. The Balaban J connectivity index is 1.59. The second-order valence-corrected chi connectivity index (χ2v) is 9.93. The van der Waals surface area contributed by atoms with E-state index in [0.717, 1.165) is 16.1 Å². The minimum atomic E-state index is -3.80. The van der Waals surface area contributed by atoms with Gasteiger partial charge in [0.1, 0.15) is 30.4 Å². The molecule has 11 heteroatoms. The Morgan fingerprint density at radius 3 is 2.28 bits per heavy atom. The minimum absolute atomic E-state index is 0.203. The van der Waals surface area contributed by atoms with E-state index in [9.17, 15) is 13.2 Å². The number of nitrogens with one attached hydrogen (secondary N) is 1. The summed E-state index contributed by atoms with van der Waals surface area (Å²) in [4.78, 5) is 12.5. The number of rotatable bonds is 11. The number of methoxy groups -OCH3 is 2. The minimum Gasteiger partial charge on any atom is -0.497 e. The summed E-state index contributed by atoms with van der Waals surface area (Å²) in [6.45, 7) is -0.0905. The first-order valence-corrected chi connectivity index (χ1v) is 12.9. The first-order chi connectivity index (χ1) is 17.2. The predicted molar refractivity (Wildman–Crippen MR) is 140 cm³/mol. The number of benzene rings is 3. The molecule has 0 bridgehead atoms. The summed E-state index contributed by atoms with van der Waals surface area (Å²) in [5, 5.41) is 4.59. The maximum Gasteiger partial charge on any atom is 0.260 e. The number of ether oxygens (including phenoxy) is 3. The number of hydrazone groups is 1. The van der Waals surface area contributed by atoms with Gasteiger partial charge in [-0.05, 0) is 59.7 Å². The summed E-state index contributed by atoms with van der Waals surface area (Å²) in [5.74, 6) is 0.773. The van der Waals surface area contributed by atoms with E-state index in [1.807, 2.05) is 12.1 Å². The lowest BCUT2D eigenvalue weighted by molar-refractivity contribution is -0.119. The van der Waals surface area contributed by atoms with E-state index in [0.29, 0.717) is 28.7 Å². The molecule has 9 nitrogen and oxygen atoms in total.